The Kier molecular flexibility index (Phi) is 3.40. The normalized spacial score (nSPS) is 13.5. The topological polar surface area (TPSA) is 18.5 Å². The smallest absolute Gasteiger partial charge is 0.231 e. The van der Waals surface area contributed by atoms with Gasteiger partial charge in [0.15, 0.2) is 11.5 Å². The van der Waals surface area contributed by atoms with Crippen molar-refractivity contribution >= 4 is 0 Å². The lowest BCUT2D eigenvalue weighted by molar-refractivity contribution is 0.172. The van der Waals surface area contributed by atoms with E-state index in [1.165, 1.54) is 22.3 Å². The van der Waals surface area contributed by atoms with Crippen LogP contribution in [0.1, 0.15) is 36.1 Å². The third-order valence-electron chi connectivity index (χ3n) is 4.26. The second-order valence-electron chi connectivity index (χ2n) is 6.53. The molecule has 0 fully saturated rings. The minimum absolute atomic E-state index is 0.000931. The molecule has 0 aliphatic carbocycles. The Morgan fingerprint density at radius 3 is 2.62 bits per heavy atom. The fourth-order valence-electron chi connectivity index (χ4n) is 3.08. The largest absolute Gasteiger partial charge is 0.454 e. The van der Waals surface area contributed by atoms with Gasteiger partial charge in [0.1, 0.15) is 0 Å². The van der Waals surface area contributed by atoms with Gasteiger partial charge >= 0.3 is 0 Å². The van der Waals surface area contributed by atoms with Crippen LogP contribution in [0.4, 0.5) is 0 Å². The molecule has 0 saturated heterocycles. The molecule has 0 bridgehead atoms. The van der Waals surface area contributed by atoms with Crippen molar-refractivity contribution in [1.29, 1.82) is 0 Å². The molecular weight excluding hydrogens is 260 g/mol. The lowest BCUT2D eigenvalue weighted by Crippen LogP contribution is -2.21. The predicted molar refractivity (Wildman–Crippen MR) is 85.2 cm³/mol. The van der Waals surface area contributed by atoms with Crippen molar-refractivity contribution < 1.29 is 9.47 Å². The molecule has 0 atom stereocenters. The summed E-state index contributed by atoms with van der Waals surface area (Å²) in [6.07, 6.45) is 0.985. The number of hydrogen-bond donors (Lipinski definition) is 0. The van der Waals surface area contributed by atoms with Crippen molar-refractivity contribution in [2.24, 2.45) is 0 Å². The maximum absolute atomic E-state index is 5.68. The van der Waals surface area contributed by atoms with Gasteiger partial charge in [-0.3, -0.25) is 0 Å². The molecule has 2 aromatic rings. The van der Waals surface area contributed by atoms with Crippen LogP contribution >= 0.6 is 0 Å². The summed E-state index contributed by atoms with van der Waals surface area (Å²) in [7, 11) is 0. The van der Waals surface area contributed by atoms with Gasteiger partial charge in [0, 0.05) is 5.56 Å². The van der Waals surface area contributed by atoms with Gasteiger partial charge in [-0.15, -0.1) is 0 Å². The van der Waals surface area contributed by atoms with Crippen molar-refractivity contribution in [3.05, 3.63) is 58.7 Å². The standard InChI is InChI=1S/C19H22O2/c1-13-8-9-15(14(2)10-13)11-19(3,4)16-6-5-7-17-18(16)21-12-20-17/h5-10H,11-12H2,1-4H3. The van der Waals surface area contributed by atoms with Gasteiger partial charge in [0.25, 0.3) is 0 Å². The summed E-state index contributed by atoms with van der Waals surface area (Å²) >= 11 is 0. The van der Waals surface area contributed by atoms with Crippen molar-refractivity contribution in [1.82, 2.24) is 0 Å². The molecule has 0 unspecified atom stereocenters. The van der Waals surface area contributed by atoms with E-state index in [1.807, 2.05) is 12.1 Å². The third-order valence-corrected chi connectivity index (χ3v) is 4.26. The van der Waals surface area contributed by atoms with E-state index in [-0.39, 0.29) is 5.41 Å². The van der Waals surface area contributed by atoms with Crippen LogP contribution in [0.5, 0.6) is 11.5 Å². The summed E-state index contributed by atoms with van der Waals surface area (Å²) in [4.78, 5) is 0. The molecular formula is C19H22O2. The Balaban J connectivity index is 1.96. The second-order valence-corrected chi connectivity index (χ2v) is 6.53. The Bertz CT molecular complexity index is 671. The fourth-order valence-corrected chi connectivity index (χ4v) is 3.08. The van der Waals surface area contributed by atoms with E-state index in [9.17, 15) is 0 Å². The van der Waals surface area contributed by atoms with E-state index in [4.69, 9.17) is 9.47 Å². The highest BCUT2D eigenvalue weighted by Crippen LogP contribution is 2.42. The summed E-state index contributed by atoms with van der Waals surface area (Å²) < 4.78 is 11.2. The molecule has 2 heteroatoms. The highest BCUT2D eigenvalue weighted by atomic mass is 16.7. The first-order valence-corrected chi connectivity index (χ1v) is 7.42. The first kappa shape index (κ1) is 14.0. The maximum atomic E-state index is 5.68. The molecule has 0 N–H and O–H groups in total. The molecule has 110 valence electrons. The Labute approximate surface area is 126 Å². The van der Waals surface area contributed by atoms with Crippen LogP contribution in [0.15, 0.2) is 36.4 Å². The fraction of sp³-hybridized carbons (Fsp3) is 0.368. The number of aryl methyl sites for hydroxylation is 2. The Morgan fingerprint density at radius 1 is 1.05 bits per heavy atom. The zero-order valence-corrected chi connectivity index (χ0v) is 13.2. The summed E-state index contributed by atoms with van der Waals surface area (Å²) in [6.45, 7) is 9.18. The van der Waals surface area contributed by atoms with Crippen LogP contribution in [0.25, 0.3) is 0 Å². The molecule has 3 rings (SSSR count). The zero-order chi connectivity index (χ0) is 15.0. The van der Waals surface area contributed by atoms with Crippen LogP contribution in [0, 0.1) is 13.8 Å². The zero-order valence-electron chi connectivity index (χ0n) is 13.2. The molecule has 0 radical (unpaired) electrons. The Morgan fingerprint density at radius 2 is 1.86 bits per heavy atom. The molecule has 0 saturated carbocycles. The van der Waals surface area contributed by atoms with Gasteiger partial charge in [-0.25, -0.2) is 0 Å². The van der Waals surface area contributed by atoms with Gasteiger partial charge in [-0.2, -0.15) is 0 Å². The highest BCUT2D eigenvalue weighted by molar-refractivity contribution is 5.51. The van der Waals surface area contributed by atoms with Gasteiger partial charge in [0.2, 0.25) is 6.79 Å². The predicted octanol–water partition coefficient (Wildman–Crippen LogP) is 4.55. The minimum atomic E-state index is -0.000931. The van der Waals surface area contributed by atoms with Crippen LogP contribution in [0.3, 0.4) is 0 Å². The van der Waals surface area contributed by atoms with E-state index in [0.717, 1.165) is 17.9 Å². The van der Waals surface area contributed by atoms with Gasteiger partial charge in [0.05, 0.1) is 0 Å². The lowest BCUT2D eigenvalue weighted by Gasteiger charge is -2.27. The minimum Gasteiger partial charge on any atom is -0.454 e. The van der Waals surface area contributed by atoms with Crippen molar-refractivity contribution in [2.45, 2.75) is 39.5 Å². The van der Waals surface area contributed by atoms with E-state index in [0.29, 0.717) is 6.79 Å². The number of benzene rings is 2. The van der Waals surface area contributed by atoms with Crippen LogP contribution < -0.4 is 9.47 Å². The molecule has 2 aromatic carbocycles. The van der Waals surface area contributed by atoms with E-state index < -0.39 is 0 Å². The van der Waals surface area contributed by atoms with E-state index in [2.05, 4.69) is 52.0 Å². The van der Waals surface area contributed by atoms with Crippen molar-refractivity contribution in [3.63, 3.8) is 0 Å². The molecule has 1 aliphatic heterocycles. The van der Waals surface area contributed by atoms with Crippen LogP contribution in [0.2, 0.25) is 0 Å². The first-order valence-electron chi connectivity index (χ1n) is 7.42. The third kappa shape index (κ3) is 2.63. The van der Waals surface area contributed by atoms with Crippen molar-refractivity contribution in [2.75, 3.05) is 6.79 Å². The molecule has 1 aliphatic rings. The second kappa shape index (κ2) is 5.10. The highest BCUT2D eigenvalue weighted by Gasteiger charge is 2.29. The van der Waals surface area contributed by atoms with E-state index >= 15 is 0 Å². The van der Waals surface area contributed by atoms with Gasteiger partial charge in [-0.1, -0.05) is 49.7 Å². The molecule has 21 heavy (non-hydrogen) atoms. The Hall–Kier alpha value is -1.96. The monoisotopic (exact) mass is 282 g/mol. The number of rotatable bonds is 3. The lowest BCUT2D eigenvalue weighted by atomic mass is 9.77. The van der Waals surface area contributed by atoms with Crippen LogP contribution in [-0.4, -0.2) is 6.79 Å². The number of hydrogen-bond acceptors (Lipinski definition) is 2. The quantitative estimate of drug-likeness (QED) is 0.822. The molecule has 0 spiro atoms. The summed E-state index contributed by atoms with van der Waals surface area (Å²) in [5.41, 5.74) is 5.28. The summed E-state index contributed by atoms with van der Waals surface area (Å²) in [5.74, 6) is 1.77. The summed E-state index contributed by atoms with van der Waals surface area (Å²) in [6, 6.07) is 12.9. The molecule has 0 amide bonds. The van der Waals surface area contributed by atoms with Gasteiger partial charge in [-0.05, 0) is 42.9 Å². The molecule has 2 nitrogen and oxygen atoms in total. The molecule has 0 aromatic heterocycles. The SMILES string of the molecule is Cc1ccc(CC(C)(C)c2cccc3c2OCO3)c(C)c1. The first-order chi connectivity index (χ1) is 9.97. The number of fused-ring (bicyclic) bond motifs is 1. The van der Waals surface area contributed by atoms with Crippen LogP contribution in [-0.2, 0) is 11.8 Å². The van der Waals surface area contributed by atoms with Gasteiger partial charge < -0.3 is 9.47 Å². The average Bonchev–Trinajstić information content (AvgIpc) is 2.90. The van der Waals surface area contributed by atoms with Crippen molar-refractivity contribution in [3.8, 4) is 11.5 Å². The van der Waals surface area contributed by atoms with E-state index in [1.54, 1.807) is 0 Å². The summed E-state index contributed by atoms with van der Waals surface area (Å²) in [5, 5.41) is 0. The average molecular weight is 282 g/mol. The molecule has 1 heterocycles. The maximum Gasteiger partial charge on any atom is 0.231 e. The number of ether oxygens (including phenoxy) is 2. The number of para-hydroxylation sites is 1.